The fourth-order valence-corrected chi connectivity index (χ4v) is 1.87. The van der Waals surface area contributed by atoms with Crippen LogP contribution in [-0.2, 0) is 0 Å². The van der Waals surface area contributed by atoms with Gasteiger partial charge in [-0.05, 0) is 48.9 Å². The highest BCUT2D eigenvalue weighted by atomic mass is 19.4. The van der Waals surface area contributed by atoms with Gasteiger partial charge in [0.15, 0.2) is 0 Å². The summed E-state index contributed by atoms with van der Waals surface area (Å²) >= 11 is 0. The van der Waals surface area contributed by atoms with Crippen LogP contribution in [0, 0.1) is 6.92 Å². The van der Waals surface area contributed by atoms with Gasteiger partial charge in [0, 0.05) is 11.8 Å². The molecule has 140 valence electrons. The van der Waals surface area contributed by atoms with Crippen molar-refractivity contribution in [2.45, 2.75) is 25.4 Å². The van der Waals surface area contributed by atoms with Crippen LogP contribution in [0.4, 0.5) is 32.2 Å². The molecule has 4 nitrogen and oxygen atoms in total. The van der Waals surface area contributed by atoms with Crippen molar-refractivity contribution in [3.8, 4) is 5.75 Å². The molecule has 1 atom stereocenters. The average molecular weight is 378 g/mol. The number of anilines is 1. The lowest BCUT2D eigenvalue weighted by molar-refractivity contribution is -0.304. The molecule has 0 bridgehead atoms. The van der Waals surface area contributed by atoms with Gasteiger partial charge in [0.25, 0.3) is 12.1 Å². The first-order valence-electron chi connectivity index (χ1n) is 7.11. The summed E-state index contributed by atoms with van der Waals surface area (Å²) in [6.07, 6.45) is -13.9. The van der Waals surface area contributed by atoms with E-state index in [4.69, 9.17) is 0 Å². The van der Waals surface area contributed by atoms with Crippen molar-refractivity contribution < 1.29 is 35.9 Å². The smallest absolute Gasteiger partial charge is 0.430 e. The molecule has 0 radical (unpaired) electrons. The molecular formula is C16H12F6N2O2. The maximum atomic E-state index is 13.2. The number of halogens is 6. The summed E-state index contributed by atoms with van der Waals surface area (Å²) in [5, 5.41) is 2.46. The summed E-state index contributed by atoms with van der Waals surface area (Å²) in [5.41, 5.74) is 0.850. The summed E-state index contributed by atoms with van der Waals surface area (Å²) in [7, 11) is 0. The van der Waals surface area contributed by atoms with E-state index in [1.165, 1.54) is 6.20 Å². The summed E-state index contributed by atoms with van der Waals surface area (Å²) < 4.78 is 79.1. The van der Waals surface area contributed by atoms with Crippen LogP contribution in [0.25, 0.3) is 0 Å². The van der Waals surface area contributed by atoms with Crippen molar-refractivity contribution in [3.63, 3.8) is 0 Å². The van der Waals surface area contributed by atoms with Gasteiger partial charge in [0.1, 0.15) is 11.6 Å². The van der Waals surface area contributed by atoms with Crippen LogP contribution in [0.3, 0.4) is 0 Å². The van der Waals surface area contributed by atoms with Gasteiger partial charge >= 0.3 is 12.3 Å². The van der Waals surface area contributed by atoms with E-state index >= 15 is 0 Å². The lowest BCUT2D eigenvalue weighted by atomic mass is 10.2. The monoisotopic (exact) mass is 378 g/mol. The van der Waals surface area contributed by atoms with Crippen molar-refractivity contribution >= 4 is 11.7 Å². The van der Waals surface area contributed by atoms with Crippen LogP contribution in [0.1, 0.15) is 15.9 Å². The molecule has 0 aliphatic heterocycles. The molecule has 1 amide bonds. The normalized spacial score (nSPS) is 13.2. The molecule has 0 fully saturated rings. The first kappa shape index (κ1) is 19.5. The lowest BCUT2D eigenvalue weighted by Crippen LogP contribution is -2.45. The van der Waals surface area contributed by atoms with E-state index in [1.807, 2.05) is 0 Å². The van der Waals surface area contributed by atoms with E-state index < -0.39 is 30.1 Å². The number of rotatable bonds is 5. The fourth-order valence-electron chi connectivity index (χ4n) is 1.87. The standard InChI is InChI=1S/C16H12F6N2O2/c1-9-6-7-23-12(8-9)24-13(25)10-2-4-11(5-3-10)26-16(21,22)14(17)15(18,19)20/h2-8,14H,1H3,(H,23,24,25)/t14-/m0/s1. The van der Waals surface area contributed by atoms with E-state index in [-0.39, 0.29) is 11.4 Å². The van der Waals surface area contributed by atoms with Crippen LogP contribution < -0.4 is 10.1 Å². The Morgan fingerprint density at radius 2 is 1.73 bits per heavy atom. The minimum absolute atomic E-state index is 0.0107. The Bertz CT molecular complexity index is 777. The molecule has 10 heteroatoms. The average Bonchev–Trinajstić information content (AvgIpc) is 2.53. The fraction of sp³-hybridized carbons (Fsp3) is 0.250. The van der Waals surface area contributed by atoms with Crippen LogP contribution in [0.5, 0.6) is 5.75 Å². The molecule has 1 heterocycles. The van der Waals surface area contributed by atoms with Crippen molar-refractivity contribution in [1.29, 1.82) is 0 Å². The molecule has 0 aliphatic carbocycles. The molecule has 0 spiro atoms. The summed E-state index contributed by atoms with van der Waals surface area (Å²) in [4.78, 5) is 15.9. The van der Waals surface area contributed by atoms with Gasteiger partial charge in [0.05, 0.1) is 0 Å². The van der Waals surface area contributed by atoms with Crippen molar-refractivity contribution in [1.82, 2.24) is 4.98 Å². The van der Waals surface area contributed by atoms with E-state index in [0.29, 0.717) is 0 Å². The number of ether oxygens (including phenoxy) is 1. The van der Waals surface area contributed by atoms with Crippen molar-refractivity contribution in [3.05, 3.63) is 53.7 Å². The maximum Gasteiger partial charge on any atom is 0.439 e. The lowest BCUT2D eigenvalue weighted by Gasteiger charge is -2.23. The number of nitrogens with one attached hydrogen (secondary N) is 1. The van der Waals surface area contributed by atoms with Crippen LogP contribution in [0.15, 0.2) is 42.6 Å². The van der Waals surface area contributed by atoms with Gasteiger partial charge in [0.2, 0.25) is 0 Å². The van der Waals surface area contributed by atoms with E-state index in [0.717, 1.165) is 29.8 Å². The third kappa shape index (κ3) is 4.87. The Hall–Kier alpha value is -2.78. The molecule has 0 saturated carbocycles. The summed E-state index contributed by atoms with van der Waals surface area (Å²) in [6, 6.07) is 7.04. The summed E-state index contributed by atoms with van der Waals surface area (Å²) in [6.45, 7) is 1.78. The quantitative estimate of drug-likeness (QED) is 0.779. The minimum Gasteiger partial charge on any atom is -0.430 e. The number of carbonyl (C=O) groups is 1. The van der Waals surface area contributed by atoms with Gasteiger partial charge < -0.3 is 10.1 Å². The number of hydrogen-bond acceptors (Lipinski definition) is 3. The highest BCUT2D eigenvalue weighted by Crippen LogP contribution is 2.36. The number of nitrogens with zero attached hydrogens (tertiary/aromatic N) is 1. The van der Waals surface area contributed by atoms with Crippen LogP contribution in [0.2, 0.25) is 0 Å². The third-order valence-corrected chi connectivity index (χ3v) is 3.11. The number of aromatic nitrogens is 1. The zero-order valence-electron chi connectivity index (χ0n) is 13.2. The molecule has 0 unspecified atom stereocenters. The Balaban J connectivity index is 2.07. The summed E-state index contributed by atoms with van der Waals surface area (Å²) in [5.74, 6) is -1.10. The molecular weight excluding hydrogens is 366 g/mol. The predicted octanol–water partition coefficient (Wildman–Crippen LogP) is 4.51. The zero-order chi connectivity index (χ0) is 19.5. The number of pyridine rings is 1. The van der Waals surface area contributed by atoms with E-state index in [1.54, 1.807) is 19.1 Å². The third-order valence-electron chi connectivity index (χ3n) is 3.11. The Morgan fingerprint density at radius 3 is 2.27 bits per heavy atom. The van der Waals surface area contributed by atoms with E-state index in [2.05, 4.69) is 15.0 Å². The maximum absolute atomic E-state index is 13.2. The van der Waals surface area contributed by atoms with Crippen LogP contribution in [-0.4, -0.2) is 29.3 Å². The second kappa shape index (κ2) is 7.22. The number of hydrogen-bond donors (Lipinski definition) is 1. The van der Waals surface area contributed by atoms with Crippen molar-refractivity contribution in [2.24, 2.45) is 0 Å². The zero-order valence-corrected chi connectivity index (χ0v) is 13.2. The molecule has 1 aromatic heterocycles. The number of amides is 1. The van der Waals surface area contributed by atoms with Gasteiger partial charge in [-0.2, -0.15) is 22.0 Å². The Morgan fingerprint density at radius 1 is 1.12 bits per heavy atom. The Labute approximate surface area is 143 Å². The molecule has 2 aromatic rings. The first-order chi connectivity index (χ1) is 12.0. The SMILES string of the molecule is Cc1ccnc(NC(=O)c2ccc(OC(F)(F)[C@@H](F)C(F)(F)F)cc2)c1. The first-order valence-corrected chi connectivity index (χ1v) is 7.11. The van der Waals surface area contributed by atoms with E-state index in [9.17, 15) is 31.1 Å². The van der Waals surface area contributed by atoms with Crippen molar-refractivity contribution in [2.75, 3.05) is 5.32 Å². The molecule has 1 N–H and O–H groups in total. The Kier molecular flexibility index (Phi) is 5.43. The van der Waals surface area contributed by atoms with Gasteiger partial charge in [-0.3, -0.25) is 4.79 Å². The topological polar surface area (TPSA) is 51.2 Å². The van der Waals surface area contributed by atoms with Gasteiger partial charge in [-0.15, -0.1) is 0 Å². The second-order valence-corrected chi connectivity index (χ2v) is 5.26. The number of aryl methyl sites for hydroxylation is 1. The number of benzene rings is 1. The molecule has 0 saturated heterocycles. The molecule has 26 heavy (non-hydrogen) atoms. The van der Waals surface area contributed by atoms with Gasteiger partial charge in [-0.25, -0.2) is 9.37 Å². The van der Waals surface area contributed by atoms with Gasteiger partial charge in [-0.1, -0.05) is 0 Å². The second-order valence-electron chi connectivity index (χ2n) is 5.26. The highest BCUT2D eigenvalue weighted by molar-refractivity contribution is 6.03. The minimum atomic E-state index is -5.77. The largest absolute Gasteiger partial charge is 0.439 e. The molecule has 1 aromatic carbocycles. The number of alkyl halides is 6. The number of carbonyl (C=O) groups excluding carboxylic acids is 1. The van der Waals surface area contributed by atoms with Crippen LogP contribution >= 0.6 is 0 Å². The molecule has 2 rings (SSSR count). The molecule has 0 aliphatic rings. The predicted molar refractivity (Wildman–Crippen MR) is 79.9 cm³/mol. The highest BCUT2D eigenvalue weighted by Gasteiger charge is 2.59.